The molecule has 0 heterocycles. The second-order valence-corrected chi connectivity index (χ2v) is 4.90. The van der Waals surface area contributed by atoms with Gasteiger partial charge in [-0.05, 0) is 38.0 Å². The molecule has 0 saturated carbocycles. The average Bonchev–Trinajstić information content (AvgIpc) is 2.40. The van der Waals surface area contributed by atoms with E-state index in [-0.39, 0.29) is 5.75 Å². The number of carbonyl (C=O) groups excluding carboxylic acids is 1. The van der Waals surface area contributed by atoms with Crippen molar-refractivity contribution < 1.29 is 19.8 Å². The number of carbonyl (C=O) groups is 2. The molecule has 3 unspecified atom stereocenters. The Morgan fingerprint density at radius 1 is 1.25 bits per heavy atom. The number of aliphatic carboxylic acids is 1. The molecule has 1 aromatic rings. The van der Waals surface area contributed by atoms with Crippen molar-refractivity contribution in [1.82, 2.24) is 5.32 Å². The fourth-order valence-electron chi connectivity index (χ4n) is 1.65. The standard InChI is InChI=1S/C14H20N2O4/c1-8(14(19)20)9(2)16-13(18)12(15)7-10-3-5-11(17)6-4-10/h3-6,8-9,12,17H,7,15H2,1-2H3,(H,16,18)(H,19,20). The van der Waals surface area contributed by atoms with E-state index in [4.69, 9.17) is 15.9 Å². The number of nitrogens with one attached hydrogen (secondary N) is 1. The predicted molar refractivity (Wildman–Crippen MR) is 74.2 cm³/mol. The Bertz CT molecular complexity index is 473. The lowest BCUT2D eigenvalue weighted by Gasteiger charge is -2.20. The van der Waals surface area contributed by atoms with E-state index in [1.165, 1.54) is 19.1 Å². The van der Waals surface area contributed by atoms with Crippen molar-refractivity contribution in [2.75, 3.05) is 0 Å². The van der Waals surface area contributed by atoms with Crippen LogP contribution in [0.4, 0.5) is 0 Å². The lowest BCUT2D eigenvalue weighted by Crippen LogP contribution is -2.48. The van der Waals surface area contributed by atoms with Gasteiger partial charge in [-0.25, -0.2) is 0 Å². The summed E-state index contributed by atoms with van der Waals surface area (Å²) in [5, 5.41) is 20.6. The van der Waals surface area contributed by atoms with Gasteiger partial charge in [-0.2, -0.15) is 0 Å². The number of rotatable bonds is 6. The molecule has 1 rings (SSSR count). The van der Waals surface area contributed by atoms with Gasteiger partial charge in [0.2, 0.25) is 5.91 Å². The molecule has 0 fully saturated rings. The summed E-state index contributed by atoms with van der Waals surface area (Å²) >= 11 is 0. The van der Waals surface area contributed by atoms with Crippen molar-refractivity contribution in [1.29, 1.82) is 0 Å². The molecule has 0 aliphatic rings. The van der Waals surface area contributed by atoms with Gasteiger partial charge in [0.05, 0.1) is 12.0 Å². The van der Waals surface area contributed by atoms with E-state index >= 15 is 0 Å². The number of phenolic OH excluding ortho intramolecular Hbond substituents is 1. The molecule has 1 amide bonds. The van der Waals surface area contributed by atoms with E-state index in [9.17, 15) is 9.59 Å². The maximum Gasteiger partial charge on any atom is 0.308 e. The Balaban J connectivity index is 2.54. The third kappa shape index (κ3) is 4.55. The summed E-state index contributed by atoms with van der Waals surface area (Å²) in [5.41, 5.74) is 6.61. The first kappa shape index (κ1) is 16.0. The molecule has 20 heavy (non-hydrogen) atoms. The second-order valence-electron chi connectivity index (χ2n) is 4.90. The maximum absolute atomic E-state index is 11.9. The van der Waals surface area contributed by atoms with E-state index in [0.29, 0.717) is 6.42 Å². The Hall–Kier alpha value is -2.08. The molecule has 6 nitrogen and oxygen atoms in total. The van der Waals surface area contributed by atoms with Gasteiger partial charge in [0.1, 0.15) is 5.75 Å². The summed E-state index contributed by atoms with van der Waals surface area (Å²) in [5.74, 6) is -1.89. The first-order chi connectivity index (χ1) is 9.31. The number of carboxylic acid groups (broad SMARTS) is 1. The Kier molecular flexibility index (Phi) is 5.52. The van der Waals surface area contributed by atoms with Crippen LogP contribution < -0.4 is 11.1 Å². The van der Waals surface area contributed by atoms with Crippen molar-refractivity contribution in [2.24, 2.45) is 11.7 Å². The van der Waals surface area contributed by atoms with Crippen LogP contribution in [0.1, 0.15) is 19.4 Å². The average molecular weight is 280 g/mol. The van der Waals surface area contributed by atoms with Gasteiger partial charge in [-0.1, -0.05) is 12.1 Å². The molecular weight excluding hydrogens is 260 g/mol. The van der Waals surface area contributed by atoms with E-state index in [1.807, 2.05) is 0 Å². The molecule has 3 atom stereocenters. The van der Waals surface area contributed by atoms with E-state index in [2.05, 4.69) is 5.32 Å². The number of hydrogen-bond donors (Lipinski definition) is 4. The van der Waals surface area contributed by atoms with Crippen molar-refractivity contribution in [3.8, 4) is 5.75 Å². The smallest absolute Gasteiger partial charge is 0.308 e. The number of benzene rings is 1. The minimum absolute atomic E-state index is 0.149. The van der Waals surface area contributed by atoms with Crippen LogP contribution in [0.5, 0.6) is 5.75 Å². The lowest BCUT2D eigenvalue weighted by molar-refractivity contribution is -0.142. The van der Waals surface area contributed by atoms with Crippen LogP contribution in [0.2, 0.25) is 0 Å². The number of amides is 1. The number of phenols is 1. The third-order valence-corrected chi connectivity index (χ3v) is 3.24. The van der Waals surface area contributed by atoms with Crippen molar-refractivity contribution in [3.63, 3.8) is 0 Å². The molecule has 5 N–H and O–H groups in total. The van der Waals surface area contributed by atoms with E-state index in [0.717, 1.165) is 5.56 Å². The molecule has 0 aliphatic heterocycles. The summed E-state index contributed by atoms with van der Waals surface area (Å²) in [6.07, 6.45) is 0.320. The second kappa shape index (κ2) is 6.91. The number of hydrogen-bond acceptors (Lipinski definition) is 4. The minimum atomic E-state index is -0.968. The van der Waals surface area contributed by atoms with Gasteiger partial charge in [0.25, 0.3) is 0 Å². The minimum Gasteiger partial charge on any atom is -0.508 e. The zero-order valence-corrected chi connectivity index (χ0v) is 11.5. The van der Waals surface area contributed by atoms with Crippen LogP contribution in [-0.4, -0.2) is 34.2 Å². The quantitative estimate of drug-likeness (QED) is 0.605. The third-order valence-electron chi connectivity index (χ3n) is 3.24. The van der Waals surface area contributed by atoms with Crippen LogP contribution in [0, 0.1) is 5.92 Å². The highest BCUT2D eigenvalue weighted by molar-refractivity contribution is 5.83. The molecule has 110 valence electrons. The van der Waals surface area contributed by atoms with Gasteiger partial charge in [0.15, 0.2) is 0 Å². The summed E-state index contributed by atoms with van der Waals surface area (Å²) < 4.78 is 0. The Morgan fingerprint density at radius 2 is 1.80 bits per heavy atom. The number of nitrogens with two attached hydrogens (primary N) is 1. The summed E-state index contributed by atoms with van der Waals surface area (Å²) in [7, 11) is 0. The number of aromatic hydroxyl groups is 1. The molecule has 0 aromatic heterocycles. The Labute approximate surface area is 117 Å². The van der Waals surface area contributed by atoms with E-state index < -0.39 is 29.9 Å². The SMILES string of the molecule is CC(NC(=O)C(N)Cc1ccc(O)cc1)C(C)C(=O)O. The molecule has 0 saturated heterocycles. The zero-order valence-electron chi connectivity index (χ0n) is 11.5. The van der Waals surface area contributed by atoms with Gasteiger partial charge in [0, 0.05) is 6.04 Å². The zero-order chi connectivity index (χ0) is 15.3. The highest BCUT2D eigenvalue weighted by Gasteiger charge is 2.23. The highest BCUT2D eigenvalue weighted by Crippen LogP contribution is 2.11. The van der Waals surface area contributed by atoms with Crippen molar-refractivity contribution >= 4 is 11.9 Å². The van der Waals surface area contributed by atoms with Crippen molar-refractivity contribution in [2.45, 2.75) is 32.4 Å². The molecule has 6 heteroatoms. The first-order valence-corrected chi connectivity index (χ1v) is 6.38. The maximum atomic E-state index is 11.9. The van der Waals surface area contributed by atoms with Crippen LogP contribution in [-0.2, 0) is 16.0 Å². The van der Waals surface area contributed by atoms with Crippen LogP contribution in [0.25, 0.3) is 0 Å². The summed E-state index contributed by atoms with van der Waals surface area (Å²) in [4.78, 5) is 22.7. The molecule has 0 bridgehead atoms. The molecule has 1 aromatic carbocycles. The normalized spacial score (nSPS) is 15.2. The lowest BCUT2D eigenvalue weighted by atomic mass is 10.0. The van der Waals surface area contributed by atoms with Gasteiger partial charge in [-0.3, -0.25) is 9.59 Å². The van der Waals surface area contributed by atoms with Crippen LogP contribution in [0.15, 0.2) is 24.3 Å². The van der Waals surface area contributed by atoms with Crippen LogP contribution >= 0.6 is 0 Å². The monoisotopic (exact) mass is 280 g/mol. The molecular formula is C14H20N2O4. The largest absolute Gasteiger partial charge is 0.508 e. The number of carboxylic acids is 1. The molecule has 0 spiro atoms. The van der Waals surface area contributed by atoms with Gasteiger partial charge in [-0.15, -0.1) is 0 Å². The van der Waals surface area contributed by atoms with Gasteiger partial charge >= 0.3 is 5.97 Å². The fourth-order valence-corrected chi connectivity index (χ4v) is 1.65. The fraction of sp³-hybridized carbons (Fsp3) is 0.429. The molecule has 0 aliphatic carbocycles. The van der Waals surface area contributed by atoms with E-state index in [1.54, 1.807) is 19.1 Å². The summed E-state index contributed by atoms with van der Waals surface area (Å²) in [6.45, 7) is 3.16. The van der Waals surface area contributed by atoms with Gasteiger partial charge < -0.3 is 21.3 Å². The Morgan fingerprint density at radius 3 is 2.30 bits per heavy atom. The highest BCUT2D eigenvalue weighted by atomic mass is 16.4. The summed E-state index contributed by atoms with van der Waals surface area (Å²) in [6, 6.07) is 5.16. The van der Waals surface area contributed by atoms with Crippen molar-refractivity contribution in [3.05, 3.63) is 29.8 Å². The first-order valence-electron chi connectivity index (χ1n) is 6.38. The van der Waals surface area contributed by atoms with Crippen LogP contribution in [0.3, 0.4) is 0 Å². The topological polar surface area (TPSA) is 113 Å². The molecule has 0 radical (unpaired) electrons. The predicted octanol–water partition coefficient (Wildman–Crippen LogP) is 0.487.